The Balaban J connectivity index is 3.25. The van der Waals surface area contributed by atoms with Gasteiger partial charge in [-0.3, -0.25) is 9.59 Å². The Morgan fingerprint density at radius 1 is 0.379 bits per heavy atom. The van der Waals surface area contributed by atoms with Crippen LogP contribution in [-0.2, 0) is 9.59 Å². The summed E-state index contributed by atoms with van der Waals surface area (Å²) in [4.78, 5) is 23.7. The van der Waals surface area contributed by atoms with Gasteiger partial charge >= 0.3 is 0 Å². The predicted octanol–water partition coefficient (Wildman–Crippen LogP) is 9.14. The lowest BCUT2D eigenvalue weighted by atomic mass is 10.0. The van der Waals surface area contributed by atoms with Crippen molar-refractivity contribution in [1.29, 1.82) is 0 Å². The van der Waals surface area contributed by atoms with E-state index in [-0.39, 0.29) is 18.0 Å². The van der Waals surface area contributed by atoms with Gasteiger partial charge < -0.3 is 0 Å². The highest BCUT2D eigenvalue weighted by Gasteiger charge is 2.09. The molecule has 29 heavy (non-hydrogen) atoms. The number of ketones is 2. The van der Waals surface area contributed by atoms with E-state index in [1.807, 2.05) is 0 Å². The fraction of sp³-hybridized carbons (Fsp3) is 0.926. The van der Waals surface area contributed by atoms with Gasteiger partial charge in [0.2, 0.25) is 0 Å². The van der Waals surface area contributed by atoms with Gasteiger partial charge in [-0.05, 0) is 12.8 Å². The Labute approximate surface area is 183 Å². The molecule has 0 N–H and O–H groups in total. The molecule has 0 spiro atoms. The van der Waals surface area contributed by atoms with Gasteiger partial charge in [-0.1, -0.05) is 129 Å². The summed E-state index contributed by atoms with van der Waals surface area (Å²) in [5, 5.41) is 0. The van der Waals surface area contributed by atoms with Crippen molar-refractivity contribution in [2.45, 2.75) is 162 Å². The van der Waals surface area contributed by atoms with Crippen LogP contribution in [-0.4, -0.2) is 11.6 Å². The molecule has 2 nitrogen and oxygen atoms in total. The number of hydrogen-bond donors (Lipinski definition) is 0. The Morgan fingerprint density at radius 2 is 0.621 bits per heavy atom. The molecule has 2 heteroatoms. The van der Waals surface area contributed by atoms with Crippen molar-refractivity contribution in [3.63, 3.8) is 0 Å². The molecule has 0 aliphatic carbocycles. The smallest absolute Gasteiger partial charge is 0.140 e. The molecule has 0 aromatic carbocycles. The van der Waals surface area contributed by atoms with Crippen LogP contribution in [0.2, 0.25) is 0 Å². The lowest BCUT2D eigenvalue weighted by molar-refractivity contribution is -0.127. The van der Waals surface area contributed by atoms with Crippen LogP contribution < -0.4 is 0 Å². The molecule has 0 heterocycles. The highest BCUT2D eigenvalue weighted by Crippen LogP contribution is 2.14. The van der Waals surface area contributed by atoms with Crippen LogP contribution >= 0.6 is 0 Å². The first-order chi connectivity index (χ1) is 14.2. The Kier molecular flexibility index (Phi) is 23.1. The maximum absolute atomic E-state index is 11.9. The quantitative estimate of drug-likeness (QED) is 0.118. The predicted molar refractivity (Wildman–Crippen MR) is 128 cm³/mol. The average molecular weight is 409 g/mol. The first-order valence-corrected chi connectivity index (χ1v) is 13.2. The normalized spacial score (nSPS) is 11.1. The van der Waals surface area contributed by atoms with Crippen LogP contribution in [0, 0.1) is 0 Å². The summed E-state index contributed by atoms with van der Waals surface area (Å²) in [7, 11) is 0. The molecule has 0 bridgehead atoms. The molecule has 0 amide bonds. The van der Waals surface area contributed by atoms with E-state index in [1.165, 1.54) is 103 Å². The molecule has 0 saturated heterocycles. The van der Waals surface area contributed by atoms with Crippen LogP contribution in [0.1, 0.15) is 162 Å². The lowest BCUT2D eigenvalue weighted by Gasteiger charge is -2.04. The van der Waals surface area contributed by atoms with Crippen molar-refractivity contribution in [1.82, 2.24) is 0 Å². The zero-order valence-electron chi connectivity index (χ0n) is 20.1. The van der Waals surface area contributed by atoms with Crippen molar-refractivity contribution in [2.75, 3.05) is 0 Å². The fourth-order valence-corrected chi connectivity index (χ4v) is 4.02. The van der Waals surface area contributed by atoms with Crippen LogP contribution in [0.15, 0.2) is 0 Å². The number of Topliss-reactive ketones (excluding diaryl/α,β-unsaturated/α-hetero) is 2. The standard InChI is InChI=1S/C27H52O2/c1-3-5-7-9-10-11-12-13-14-15-16-17-18-20-22-24-27(29)25-26(28)23-21-19-8-6-4-2/h3-25H2,1-2H3. The van der Waals surface area contributed by atoms with E-state index >= 15 is 0 Å². The zero-order valence-corrected chi connectivity index (χ0v) is 20.1. The second-order valence-corrected chi connectivity index (χ2v) is 9.12. The van der Waals surface area contributed by atoms with E-state index in [9.17, 15) is 9.59 Å². The molecule has 0 aromatic heterocycles. The molecule has 172 valence electrons. The minimum atomic E-state index is 0.160. The van der Waals surface area contributed by atoms with E-state index in [0.717, 1.165) is 25.7 Å². The largest absolute Gasteiger partial charge is 0.299 e. The topological polar surface area (TPSA) is 34.1 Å². The van der Waals surface area contributed by atoms with Gasteiger partial charge in [-0.2, -0.15) is 0 Å². The molecule has 0 atom stereocenters. The maximum Gasteiger partial charge on any atom is 0.140 e. The van der Waals surface area contributed by atoms with Gasteiger partial charge in [0.15, 0.2) is 0 Å². The van der Waals surface area contributed by atoms with E-state index < -0.39 is 0 Å². The average Bonchev–Trinajstić information content (AvgIpc) is 2.70. The second kappa shape index (κ2) is 23.6. The van der Waals surface area contributed by atoms with Crippen molar-refractivity contribution < 1.29 is 9.59 Å². The molecular weight excluding hydrogens is 356 g/mol. The van der Waals surface area contributed by atoms with Crippen molar-refractivity contribution in [3.8, 4) is 0 Å². The fourth-order valence-electron chi connectivity index (χ4n) is 4.02. The van der Waals surface area contributed by atoms with Gasteiger partial charge in [0.25, 0.3) is 0 Å². The lowest BCUT2D eigenvalue weighted by Crippen LogP contribution is -2.07. The third kappa shape index (κ3) is 23.5. The van der Waals surface area contributed by atoms with Crippen LogP contribution in [0.4, 0.5) is 0 Å². The highest BCUT2D eigenvalue weighted by molar-refractivity contribution is 5.98. The Bertz CT molecular complexity index is 362. The maximum atomic E-state index is 11.9. The SMILES string of the molecule is CCCCCCCCCCCCCCCCCC(=O)CC(=O)CCCCCCC. The van der Waals surface area contributed by atoms with Gasteiger partial charge in [-0.25, -0.2) is 0 Å². The molecule has 0 aliphatic rings. The first-order valence-electron chi connectivity index (χ1n) is 13.2. The summed E-state index contributed by atoms with van der Waals surface area (Å²) >= 11 is 0. The van der Waals surface area contributed by atoms with Gasteiger partial charge in [0.05, 0.1) is 6.42 Å². The summed E-state index contributed by atoms with van der Waals surface area (Å²) in [6, 6.07) is 0. The van der Waals surface area contributed by atoms with Crippen LogP contribution in [0.3, 0.4) is 0 Å². The Morgan fingerprint density at radius 3 is 0.897 bits per heavy atom. The highest BCUT2D eigenvalue weighted by atomic mass is 16.1. The summed E-state index contributed by atoms with van der Waals surface area (Å²) < 4.78 is 0. The number of hydrogen-bond acceptors (Lipinski definition) is 2. The monoisotopic (exact) mass is 408 g/mol. The summed E-state index contributed by atoms with van der Waals surface area (Å²) in [6.45, 7) is 4.47. The number of carbonyl (C=O) groups excluding carboxylic acids is 2. The number of unbranched alkanes of at least 4 members (excludes halogenated alkanes) is 18. The van der Waals surface area contributed by atoms with Gasteiger partial charge in [0.1, 0.15) is 11.6 Å². The zero-order chi connectivity index (χ0) is 21.4. The van der Waals surface area contributed by atoms with E-state index in [2.05, 4.69) is 13.8 Å². The third-order valence-corrected chi connectivity index (χ3v) is 6.01. The molecule has 0 saturated carbocycles. The molecular formula is C27H52O2. The first kappa shape index (κ1) is 28.3. The van der Waals surface area contributed by atoms with Gasteiger partial charge in [0, 0.05) is 12.8 Å². The molecule has 0 radical (unpaired) electrons. The molecule has 0 fully saturated rings. The summed E-state index contributed by atoms with van der Waals surface area (Å²) in [6.07, 6.45) is 27.3. The molecule has 0 aromatic rings. The van der Waals surface area contributed by atoms with Crippen molar-refractivity contribution in [3.05, 3.63) is 0 Å². The minimum absolute atomic E-state index is 0.160. The summed E-state index contributed by atoms with van der Waals surface area (Å²) in [5.74, 6) is 0.325. The minimum Gasteiger partial charge on any atom is -0.299 e. The second-order valence-electron chi connectivity index (χ2n) is 9.12. The van der Waals surface area contributed by atoms with E-state index in [1.54, 1.807) is 0 Å². The van der Waals surface area contributed by atoms with E-state index in [0.29, 0.717) is 12.8 Å². The van der Waals surface area contributed by atoms with Crippen LogP contribution in [0.25, 0.3) is 0 Å². The molecule has 0 aliphatic heterocycles. The van der Waals surface area contributed by atoms with Crippen molar-refractivity contribution in [2.24, 2.45) is 0 Å². The molecule has 0 unspecified atom stereocenters. The molecule has 0 rings (SSSR count). The third-order valence-electron chi connectivity index (χ3n) is 6.01. The van der Waals surface area contributed by atoms with Crippen LogP contribution in [0.5, 0.6) is 0 Å². The number of rotatable bonds is 24. The van der Waals surface area contributed by atoms with Crippen molar-refractivity contribution >= 4 is 11.6 Å². The summed E-state index contributed by atoms with van der Waals surface area (Å²) in [5.41, 5.74) is 0. The Hall–Kier alpha value is -0.660. The van der Waals surface area contributed by atoms with E-state index in [4.69, 9.17) is 0 Å². The van der Waals surface area contributed by atoms with Gasteiger partial charge in [-0.15, -0.1) is 0 Å². The number of carbonyl (C=O) groups is 2.